The molecule has 1 aliphatic rings. The van der Waals surface area contributed by atoms with Crippen LogP contribution in [0.3, 0.4) is 0 Å². The molecule has 2 aromatic heterocycles. The number of aromatic nitrogens is 2. The van der Waals surface area contributed by atoms with E-state index >= 15 is 0 Å². The van der Waals surface area contributed by atoms with Crippen LogP contribution in [-0.4, -0.2) is 60.3 Å². The van der Waals surface area contributed by atoms with E-state index in [0.29, 0.717) is 16.2 Å². The summed E-state index contributed by atoms with van der Waals surface area (Å²) in [6, 6.07) is 9.31. The molecule has 3 aromatic rings. The third kappa shape index (κ3) is 3.71. The molecule has 1 saturated heterocycles. The van der Waals surface area contributed by atoms with Crippen LogP contribution in [0.4, 0.5) is 11.6 Å². The van der Waals surface area contributed by atoms with Crippen LogP contribution in [0.5, 0.6) is 0 Å². The Bertz CT molecular complexity index is 1020. The molecule has 0 aliphatic carbocycles. The van der Waals surface area contributed by atoms with Crippen molar-refractivity contribution < 1.29 is 9.90 Å². The van der Waals surface area contributed by atoms with Gasteiger partial charge < -0.3 is 20.2 Å². The van der Waals surface area contributed by atoms with Gasteiger partial charge in [-0.05, 0) is 35.7 Å². The zero-order valence-electron chi connectivity index (χ0n) is 15.2. The van der Waals surface area contributed by atoms with E-state index in [1.807, 2.05) is 23.6 Å². The van der Waals surface area contributed by atoms with Gasteiger partial charge >= 0.3 is 0 Å². The normalized spacial score (nSPS) is 14.5. The highest BCUT2D eigenvalue weighted by Crippen LogP contribution is 2.21. The number of thiophene rings is 1. The number of hydrogen-bond donors (Lipinski definition) is 3. The van der Waals surface area contributed by atoms with Crippen LogP contribution < -0.4 is 20.7 Å². The first-order valence-corrected chi connectivity index (χ1v) is 10.0. The summed E-state index contributed by atoms with van der Waals surface area (Å²) in [6.45, 7) is 3.25. The lowest BCUT2D eigenvalue weighted by atomic mass is 10.1. The zero-order valence-corrected chi connectivity index (χ0v) is 16.0. The summed E-state index contributed by atoms with van der Waals surface area (Å²) < 4.78 is 0.658. The quantitative estimate of drug-likeness (QED) is 0.593. The second kappa shape index (κ2) is 7.99. The van der Waals surface area contributed by atoms with Crippen molar-refractivity contribution in [3.63, 3.8) is 0 Å². The highest BCUT2D eigenvalue weighted by Gasteiger charge is 2.20. The van der Waals surface area contributed by atoms with Crippen LogP contribution in [0.1, 0.15) is 10.4 Å². The Hall–Kier alpha value is -2.91. The van der Waals surface area contributed by atoms with Crippen molar-refractivity contribution in [3.05, 3.63) is 51.6 Å². The minimum Gasteiger partial charge on any atom is -0.395 e. The fourth-order valence-corrected chi connectivity index (χ4v) is 4.01. The molecule has 1 fully saturated rings. The number of anilines is 2. The monoisotopic (exact) mass is 399 g/mol. The maximum Gasteiger partial charge on any atom is 0.270 e. The molecule has 0 bridgehead atoms. The van der Waals surface area contributed by atoms with E-state index in [1.165, 1.54) is 11.3 Å². The number of carbonyl (C=O) groups excluding carboxylic acids is 1. The average Bonchev–Trinajstić information content (AvgIpc) is 3.22. The van der Waals surface area contributed by atoms with Gasteiger partial charge in [-0.1, -0.05) is 0 Å². The lowest BCUT2D eigenvalue weighted by Crippen LogP contribution is -2.47. The van der Waals surface area contributed by atoms with Crippen LogP contribution in [0, 0.1) is 0 Å². The summed E-state index contributed by atoms with van der Waals surface area (Å²) in [7, 11) is 0. The Labute approximate surface area is 165 Å². The Balaban J connectivity index is 1.41. The number of carbonyl (C=O) groups is 1. The van der Waals surface area contributed by atoms with Crippen LogP contribution in [0.15, 0.2) is 40.5 Å². The molecular weight excluding hydrogens is 378 g/mol. The number of piperazine rings is 1. The number of hydrogen-bond acceptors (Lipinski definition) is 7. The Morgan fingerprint density at radius 2 is 1.86 bits per heavy atom. The lowest BCUT2D eigenvalue weighted by molar-refractivity contribution is 0.0945. The number of fused-ring (bicyclic) bond motifs is 1. The van der Waals surface area contributed by atoms with Crippen molar-refractivity contribution in [2.24, 2.45) is 0 Å². The first-order valence-electron chi connectivity index (χ1n) is 9.12. The van der Waals surface area contributed by atoms with E-state index in [2.05, 4.69) is 25.1 Å². The highest BCUT2D eigenvalue weighted by atomic mass is 32.1. The maximum atomic E-state index is 12.2. The molecule has 0 spiro atoms. The first kappa shape index (κ1) is 18.5. The number of H-pyrrole nitrogens is 1. The molecule has 0 radical (unpaired) electrons. The van der Waals surface area contributed by atoms with Crippen LogP contribution in [0.25, 0.3) is 10.2 Å². The number of aliphatic hydroxyl groups excluding tert-OH is 1. The molecule has 3 heterocycles. The molecule has 0 atom stereocenters. The molecule has 1 amide bonds. The third-order valence-corrected chi connectivity index (χ3v) is 5.68. The number of aromatic amines is 1. The molecule has 8 nitrogen and oxygen atoms in total. The van der Waals surface area contributed by atoms with Gasteiger partial charge in [0.25, 0.3) is 11.5 Å². The molecule has 3 N–H and O–H groups in total. The third-order valence-electron chi connectivity index (χ3n) is 4.77. The van der Waals surface area contributed by atoms with E-state index in [1.54, 1.807) is 12.1 Å². The predicted molar refractivity (Wildman–Crippen MR) is 111 cm³/mol. The van der Waals surface area contributed by atoms with Crippen molar-refractivity contribution in [2.45, 2.75) is 0 Å². The van der Waals surface area contributed by atoms with E-state index in [4.69, 9.17) is 5.11 Å². The molecule has 146 valence electrons. The summed E-state index contributed by atoms with van der Waals surface area (Å²) in [5, 5.41) is 13.3. The minimum absolute atomic E-state index is 0.0758. The van der Waals surface area contributed by atoms with E-state index < -0.39 is 0 Å². The second-order valence-electron chi connectivity index (χ2n) is 6.52. The molecule has 9 heteroatoms. The molecule has 1 aromatic carbocycles. The number of amides is 1. The molecule has 1 aliphatic heterocycles. The predicted octanol–water partition coefficient (Wildman–Crippen LogP) is 1.03. The summed E-state index contributed by atoms with van der Waals surface area (Å²) in [5.41, 5.74) is 2.27. The highest BCUT2D eigenvalue weighted by molar-refractivity contribution is 7.17. The second-order valence-corrected chi connectivity index (χ2v) is 7.44. The van der Waals surface area contributed by atoms with Crippen molar-refractivity contribution in [3.8, 4) is 0 Å². The average molecular weight is 399 g/mol. The SMILES string of the molecule is O=C(NCCO)c1ccc(N2CCN(c3nc4ccsc4c(=O)[nH]3)CC2)cc1. The van der Waals surface area contributed by atoms with Gasteiger partial charge in [-0.3, -0.25) is 14.6 Å². The van der Waals surface area contributed by atoms with Gasteiger partial charge in [0.05, 0.1) is 12.1 Å². The summed E-state index contributed by atoms with van der Waals surface area (Å²) in [6.07, 6.45) is 0. The number of benzene rings is 1. The Morgan fingerprint density at radius 3 is 2.57 bits per heavy atom. The van der Waals surface area contributed by atoms with Gasteiger partial charge in [0.1, 0.15) is 4.70 Å². The van der Waals surface area contributed by atoms with Crippen molar-refractivity contribution in [2.75, 3.05) is 49.1 Å². The van der Waals surface area contributed by atoms with E-state index in [9.17, 15) is 9.59 Å². The van der Waals surface area contributed by atoms with Gasteiger partial charge in [0.2, 0.25) is 5.95 Å². The maximum absolute atomic E-state index is 12.2. The van der Waals surface area contributed by atoms with Crippen molar-refractivity contribution >= 4 is 39.1 Å². The van der Waals surface area contributed by atoms with Gasteiger partial charge in [-0.25, -0.2) is 4.98 Å². The standard InChI is InChI=1S/C19H21N5O3S/c25-11-6-20-17(26)13-1-3-14(4-2-13)23-7-9-24(10-8-23)19-21-15-5-12-28-16(15)18(27)22-19/h1-5,12,25H,6-11H2,(H,20,26)(H,21,22,27). The fraction of sp³-hybridized carbons (Fsp3) is 0.316. The van der Waals surface area contributed by atoms with Gasteiger partial charge in [0.15, 0.2) is 0 Å². The smallest absolute Gasteiger partial charge is 0.270 e. The van der Waals surface area contributed by atoms with Gasteiger partial charge in [-0.15, -0.1) is 11.3 Å². The summed E-state index contributed by atoms with van der Waals surface area (Å²) >= 11 is 1.40. The Morgan fingerprint density at radius 1 is 1.14 bits per heavy atom. The molecular formula is C19H21N5O3S. The van der Waals surface area contributed by atoms with Crippen LogP contribution in [0.2, 0.25) is 0 Å². The topological polar surface area (TPSA) is 102 Å². The first-order chi connectivity index (χ1) is 13.7. The number of nitrogens with one attached hydrogen (secondary N) is 2. The van der Waals surface area contributed by atoms with E-state index in [-0.39, 0.29) is 24.6 Å². The van der Waals surface area contributed by atoms with Crippen LogP contribution >= 0.6 is 11.3 Å². The van der Waals surface area contributed by atoms with Gasteiger partial charge in [-0.2, -0.15) is 0 Å². The number of nitrogens with zero attached hydrogens (tertiary/aromatic N) is 3. The van der Waals surface area contributed by atoms with Crippen molar-refractivity contribution in [1.82, 2.24) is 15.3 Å². The summed E-state index contributed by atoms with van der Waals surface area (Å²) in [4.78, 5) is 35.9. The molecule has 28 heavy (non-hydrogen) atoms. The summed E-state index contributed by atoms with van der Waals surface area (Å²) in [5.74, 6) is 0.427. The van der Waals surface area contributed by atoms with Crippen molar-refractivity contribution in [1.29, 1.82) is 0 Å². The molecule has 0 saturated carbocycles. The fourth-order valence-electron chi connectivity index (χ4n) is 3.28. The van der Waals surface area contributed by atoms with Crippen LogP contribution in [-0.2, 0) is 0 Å². The van der Waals surface area contributed by atoms with E-state index in [0.717, 1.165) is 37.4 Å². The zero-order chi connectivity index (χ0) is 19.5. The lowest BCUT2D eigenvalue weighted by Gasteiger charge is -2.36. The molecule has 0 unspecified atom stereocenters. The number of aliphatic hydroxyl groups is 1. The Kier molecular flexibility index (Phi) is 5.27. The van der Waals surface area contributed by atoms with Gasteiger partial charge in [0, 0.05) is 44.0 Å². The number of rotatable bonds is 5. The minimum atomic E-state index is -0.190. The molecule has 4 rings (SSSR count). The largest absolute Gasteiger partial charge is 0.395 e.